The second-order valence-corrected chi connectivity index (χ2v) is 6.88. The zero-order valence-corrected chi connectivity index (χ0v) is 13.1. The number of benzene rings is 2. The molecule has 0 saturated carbocycles. The van der Waals surface area contributed by atoms with Crippen LogP contribution in [0.5, 0.6) is 0 Å². The van der Waals surface area contributed by atoms with Crippen LogP contribution in [0.2, 0.25) is 0 Å². The van der Waals surface area contributed by atoms with Crippen molar-refractivity contribution in [3.05, 3.63) is 57.5 Å². The fraction of sp³-hybridized carbons (Fsp3) is 0. The number of nitrogens with one attached hydrogen (secondary N) is 1. The van der Waals surface area contributed by atoms with Gasteiger partial charge in [0.05, 0.1) is 5.69 Å². The van der Waals surface area contributed by atoms with E-state index in [1.807, 2.05) is 6.07 Å². The fourth-order valence-corrected chi connectivity index (χ4v) is 4.01. The molecule has 0 atom stereocenters. The average molecular weight is 391 g/mol. The van der Waals surface area contributed by atoms with Gasteiger partial charge in [0.1, 0.15) is 4.90 Å². The number of rotatable bonds is 3. The lowest BCUT2D eigenvalue weighted by molar-refractivity contribution is 0.600. The van der Waals surface area contributed by atoms with Crippen LogP contribution in [0.15, 0.2) is 62.4 Å². The van der Waals surface area contributed by atoms with Crippen LogP contribution in [0.1, 0.15) is 0 Å². The number of sulfonamides is 1. The largest absolute Gasteiger partial charge is 0.278 e. The van der Waals surface area contributed by atoms with E-state index in [0.29, 0.717) is 14.6 Å². The van der Waals surface area contributed by atoms with Crippen LogP contribution >= 0.6 is 31.9 Å². The van der Waals surface area contributed by atoms with Crippen molar-refractivity contribution < 1.29 is 8.42 Å². The van der Waals surface area contributed by atoms with Crippen LogP contribution in [0.4, 0.5) is 5.69 Å². The highest BCUT2D eigenvalue weighted by Crippen LogP contribution is 2.27. The van der Waals surface area contributed by atoms with Gasteiger partial charge < -0.3 is 0 Å². The van der Waals surface area contributed by atoms with Gasteiger partial charge in [-0.05, 0) is 56.1 Å². The van der Waals surface area contributed by atoms with Crippen molar-refractivity contribution in [1.29, 1.82) is 0 Å². The number of halogens is 2. The van der Waals surface area contributed by atoms with Crippen molar-refractivity contribution >= 4 is 47.6 Å². The SMILES string of the molecule is O=S(=O)(Nc1ccccc1Br)c1ccccc1Br. The molecule has 0 fully saturated rings. The van der Waals surface area contributed by atoms with Crippen molar-refractivity contribution in [2.45, 2.75) is 4.90 Å². The Kier molecular flexibility index (Phi) is 4.09. The van der Waals surface area contributed by atoms with E-state index in [4.69, 9.17) is 0 Å². The zero-order chi connectivity index (χ0) is 13.2. The number of para-hydroxylation sites is 1. The lowest BCUT2D eigenvalue weighted by Gasteiger charge is -2.10. The number of hydrogen-bond donors (Lipinski definition) is 1. The Balaban J connectivity index is 2.40. The summed E-state index contributed by atoms with van der Waals surface area (Å²) < 4.78 is 28.2. The van der Waals surface area contributed by atoms with E-state index >= 15 is 0 Å². The van der Waals surface area contributed by atoms with Crippen LogP contribution in [0.25, 0.3) is 0 Å². The van der Waals surface area contributed by atoms with Crippen LogP contribution in [-0.2, 0) is 10.0 Å². The van der Waals surface area contributed by atoms with Gasteiger partial charge in [-0.25, -0.2) is 8.42 Å². The fourth-order valence-electron chi connectivity index (χ4n) is 1.41. The lowest BCUT2D eigenvalue weighted by atomic mass is 10.3. The van der Waals surface area contributed by atoms with E-state index in [1.54, 1.807) is 42.5 Å². The van der Waals surface area contributed by atoms with Gasteiger partial charge in [0.25, 0.3) is 10.0 Å². The summed E-state index contributed by atoms with van der Waals surface area (Å²) in [6, 6.07) is 13.7. The lowest BCUT2D eigenvalue weighted by Crippen LogP contribution is -2.13. The van der Waals surface area contributed by atoms with Crippen LogP contribution in [0.3, 0.4) is 0 Å². The molecule has 94 valence electrons. The van der Waals surface area contributed by atoms with Crippen molar-refractivity contribution in [2.75, 3.05) is 4.72 Å². The average Bonchev–Trinajstić information content (AvgIpc) is 2.32. The van der Waals surface area contributed by atoms with E-state index in [1.165, 1.54) is 0 Å². The van der Waals surface area contributed by atoms with Crippen molar-refractivity contribution in [1.82, 2.24) is 0 Å². The summed E-state index contributed by atoms with van der Waals surface area (Å²) in [5, 5.41) is 0. The molecule has 0 aromatic heterocycles. The number of hydrogen-bond acceptors (Lipinski definition) is 2. The minimum Gasteiger partial charge on any atom is -0.278 e. The van der Waals surface area contributed by atoms with E-state index in [2.05, 4.69) is 36.6 Å². The summed E-state index contributed by atoms with van der Waals surface area (Å²) in [5.41, 5.74) is 0.508. The van der Waals surface area contributed by atoms with Crippen molar-refractivity contribution in [3.8, 4) is 0 Å². The van der Waals surface area contributed by atoms with Gasteiger partial charge in [-0.3, -0.25) is 4.72 Å². The molecule has 0 heterocycles. The summed E-state index contributed by atoms with van der Waals surface area (Å²) >= 11 is 6.53. The third kappa shape index (κ3) is 2.93. The zero-order valence-electron chi connectivity index (χ0n) is 9.10. The molecule has 0 bridgehead atoms. The van der Waals surface area contributed by atoms with Crippen molar-refractivity contribution in [2.24, 2.45) is 0 Å². The summed E-state index contributed by atoms with van der Waals surface area (Å²) in [5.74, 6) is 0. The normalized spacial score (nSPS) is 11.2. The monoisotopic (exact) mass is 389 g/mol. The van der Waals surface area contributed by atoms with Gasteiger partial charge >= 0.3 is 0 Å². The van der Waals surface area contributed by atoms with Gasteiger partial charge in [-0.2, -0.15) is 0 Å². The molecule has 0 unspecified atom stereocenters. The molecule has 2 aromatic rings. The molecular weight excluding hydrogens is 382 g/mol. The second kappa shape index (κ2) is 5.42. The highest BCUT2D eigenvalue weighted by molar-refractivity contribution is 9.11. The van der Waals surface area contributed by atoms with Gasteiger partial charge in [0.2, 0.25) is 0 Å². The van der Waals surface area contributed by atoms with E-state index < -0.39 is 10.0 Å². The first kappa shape index (κ1) is 13.6. The van der Waals surface area contributed by atoms with E-state index in [-0.39, 0.29) is 4.90 Å². The second-order valence-electron chi connectivity index (χ2n) is 3.52. The maximum atomic E-state index is 12.2. The minimum absolute atomic E-state index is 0.209. The third-order valence-corrected chi connectivity index (χ3v) is 5.31. The molecular formula is C12H9Br2NO2S. The van der Waals surface area contributed by atoms with Crippen LogP contribution in [0, 0.1) is 0 Å². The Bertz CT molecular complexity index is 671. The first-order valence-electron chi connectivity index (χ1n) is 5.02. The van der Waals surface area contributed by atoms with E-state index in [0.717, 1.165) is 0 Å². The van der Waals surface area contributed by atoms with Gasteiger partial charge in [-0.15, -0.1) is 0 Å². The Morgan fingerprint density at radius 1 is 0.833 bits per heavy atom. The molecule has 0 aliphatic heterocycles. The standard InChI is InChI=1S/C12H9Br2NO2S/c13-9-5-1-3-7-11(9)15-18(16,17)12-8-4-2-6-10(12)14/h1-8,15H. The Hall–Kier alpha value is -0.850. The first-order valence-corrected chi connectivity index (χ1v) is 8.09. The summed E-state index contributed by atoms with van der Waals surface area (Å²) in [6.45, 7) is 0. The Labute approximate surface area is 123 Å². The Morgan fingerprint density at radius 2 is 1.39 bits per heavy atom. The molecule has 0 saturated heterocycles. The third-order valence-electron chi connectivity index (χ3n) is 2.24. The predicted octanol–water partition coefficient (Wildman–Crippen LogP) is 4.01. The topological polar surface area (TPSA) is 46.2 Å². The van der Waals surface area contributed by atoms with Crippen LogP contribution in [-0.4, -0.2) is 8.42 Å². The van der Waals surface area contributed by atoms with Gasteiger partial charge in [0.15, 0.2) is 0 Å². The predicted molar refractivity (Wildman–Crippen MR) is 79.1 cm³/mol. The van der Waals surface area contributed by atoms with Gasteiger partial charge in [0, 0.05) is 8.95 Å². The molecule has 3 nitrogen and oxygen atoms in total. The van der Waals surface area contributed by atoms with Crippen molar-refractivity contribution in [3.63, 3.8) is 0 Å². The molecule has 0 amide bonds. The maximum absolute atomic E-state index is 12.2. The molecule has 0 aliphatic carbocycles. The molecule has 0 radical (unpaired) electrons. The summed E-state index contributed by atoms with van der Waals surface area (Å²) in [7, 11) is -3.59. The molecule has 18 heavy (non-hydrogen) atoms. The molecule has 0 aliphatic rings. The molecule has 0 spiro atoms. The van der Waals surface area contributed by atoms with E-state index in [9.17, 15) is 8.42 Å². The summed E-state index contributed by atoms with van der Waals surface area (Å²) in [6.07, 6.45) is 0. The van der Waals surface area contributed by atoms with Crippen LogP contribution < -0.4 is 4.72 Å². The Morgan fingerprint density at radius 3 is 2.00 bits per heavy atom. The number of anilines is 1. The molecule has 2 rings (SSSR count). The highest BCUT2D eigenvalue weighted by atomic mass is 79.9. The molecule has 6 heteroatoms. The quantitative estimate of drug-likeness (QED) is 0.860. The highest BCUT2D eigenvalue weighted by Gasteiger charge is 2.17. The first-order chi connectivity index (χ1) is 8.50. The molecule has 2 aromatic carbocycles. The summed E-state index contributed by atoms with van der Waals surface area (Å²) in [4.78, 5) is 0.209. The maximum Gasteiger partial charge on any atom is 0.263 e. The molecule has 1 N–H and O–H groups in total. The smallest absolute Gasteiger partial charge is 0.263 e. The van der Waals surface area contributed by atoms with Gasteiger partial charge in [-0.1, -0.05) is 24.3 Å². The minimum atomic E-state index is -3.59.